The Morgan fingerprint density at radius 1 is 1.27 bits per heavy atom. The summed E-state index contributed by atoms with van der Waals surface area (Å²) in [5.74, 6) is -0.185. The summed E-state index contributed by atoms with van der Waals surface area (Å²) in [6.45, 7) is 4.67. The largest absolute Gasteiger partial charge is 0.316 e. The van der Waals surface area contributed by atoms with Crippen LogP contribution in [0, 0.1) is 12.7 Å². The molecule has 0 heterocycles. The van der Waals surface area contributed by atoms with E-state index in [0.717, 1.165) is 23.1 Å². The van der Waals surface area contributed by atoms with Gasteiger partial charge in [-0.15, -0.1) is 0 Å². The molecule has 77 valence electrons. The fourth-order valence-corrected chi connectivity index (χ4v) is 1.80. The van der Waals surface area contributed by atoms with Gasteiger partial charge in [0.25, 0.3) is 0 Å². The van der Waals surface area contributed by atoms with Gasteiger partial charge in [-0.3, -0.25) is 0 Å². The third-order valence-electron chi connectivity index (χ3n) is 2.47. The van der Waals surface area contributed by atoms with E-state index >= 15 is 0 Å². The van der Waals surface area contributed by atoms with Crippen molar-refractivity contribution in [1.82, 2.24) is 5.32 Å². The zero-order valence-corrected chi connectivity index (χ0v) is 8.68. The highest BCUT2D eigenvalue weighted by atomic mass is 19.1. The van der Waals surface area contributed by atoms with Crippen molar-refractivity contribution < 1.29 is 4.39 Å². The molecule has 0 fully saturated rings. The van der Waals surface area contributed by atoms with Crippen molar-refractivity contribution in [3.63, 3.8) is 0 Å². The van der Waals surface area contributed by atoms with Gasteiger partial charge >= 0.3 is 0 Å². The SMILES string of the molecule is [CH2]c1cc(CNC)cc2c(F)cccc12. The van der Waals surface area contributed by atoms with Crippen molar-refractivity contribution in [3.8, 4) is 0 Å². The first kappa shape index (κ1) is 10.1. The first-order valence-electron chi connectivity index (χ1n) is 4.90. The molecule has 15 heavy (non-hydrogen) atoms. The van der Waals surface area contributed by atoms with Gasteiger partial charge < -0.3 is 5.32 Å². The third-order valence-corrected chi connectivity index (χ3v) is 2.47. The lowest BCUT2D eigenvalue weighted by Crippen LogP contribution is -2.05. The summed E-state index contributed by atoms with van der Waals surface area (Å²) < 4.78 is 13.5. The molecule has 0 saturated carbocycles. The summed E-state index contributed by atoms with van der Waals surface area (Å²) in [7, 11) is 1.87. The van der Waals surface area contributed by atoms with Gasteiger partial charge in [-0.1, -0.05) is 18.2 Å². The highest BCUT2D eigenvalue weighted by Crippen LogP contribution is 2.23. The van der Waals surface area contributed by atoms with Crippen LogP contribution in [0.4, 0.5) is 4.39 Å². The Hall–Kier alpha value is -1.41. The summed E-state index contributed by atoms with van der Waals surface area (Å²) in [6.07, 6.45) is 0. The molecule has 2 aromatic rings. The number of halogens is 1. The molecule has 0 atom stereocenters. The normalized spacial score (nSPS) is 10.9. The average Bonchev–Trinajstić information content (AvgIpc) is 2.20. The predicted molar refractivity (Wildman–Crippen MR) is 61.1 cm³/mol. The lowest BCUT2D eigenvalue weighted by molar-refractivity contribution is 0.639. The van der Waals surface area contributed by atoms with Gasteiger partial charge in [-0.25, -0.2) is 4.39 Å². The summed E-state index contributed by atoms with van der Waals surface area (Å²) >= 11 is 0. The Labute approximate surface area is 88.9 Å². The first-order valence-corrected chi connectivity index (χ1v) is 4.90. The van der Waals surface area contributed by atoms with E-state index in [1.54, 1.807) is 6.07 Å². The highest BCUT2D eigenvalue weighted by Gasteiger charge is 2.04. The minimum Gasteiger partial charge on any atom is -0.316 e. The summed E-state index contributed by atoms with van der Waals surface area (Å²) in [5, 5.41) is 4.58. The molecule has 2 aromatic carbocycles. The van der Waals surface area contributed by atoms with Crippen molar-refractivity contribution in [2.45, 2.75) is 6.54 Å². The molecule has 0 aliphatic rings. The van der Waals surface area contributed by atoms with Crippen LogP contribution in [-0.2, 0) is 6.54 Å². The van der Waals surface area contributed by atoms with E-state index in [0.29, 0.717) is 5.39 Å². The van der Waals surface area contributed by atoms with Gasteiger partial charge in [0.05, 0.1) is 0 Å². The van der Waals surface area contributed by atoms with Crippen molar-refractivity contribution >= 4 is 10.8 Å². The van der Waals surface area contributed by atoms with Crippen molar-refractivity contribution in [3.05, 3.63) is 54.2 Å². The van der Waals surface area contributed by atoms with E-state index in [9.17, 15) is 4.39 Å². The Morgan fingerprint density at radius 2 is 2.07 bits per heavy atom. The molecule has 0 saturated heterocycles. The van der Waals surface area contributed by atoms with Gasteiger partial charge in [-0.2, -0.15) is 0 Å². The zero-order valence-electron chi connectivity index (χ0n) is 8.68. The second kappa shape index (κ2) is 3.99. The molecule has 1 nitrogen and oxygen atoms in total. The minimum atomic E-state index is -0.185. The van der Waals surface area contributed by atoms with Crippen LogP contribution in [0.15, 0.2) is 30.3 Å². The van der Waals surface area contributed by atoms with E-state index in [4.69, 9.17) is 0 Å². The fourth-order valence-electron chi connectivity index (χ4n) is 1.80. The van der Waals surface area contributed by atoms with E-state index in [-0.39, 0.29) is 5.82 Å². The number of fused-ring (bicyclic) bond motifs is 1. The first-order chi connectivity index (χ1) is 7.22. The maximum absolute atomic E-state index is 13.5. The molecule has 0 aromatic heterocycles. The van der Waals surface area contributed by atoms with Crippen LogP contribution >= 0.6 is 0 Å². The molecule has 2 rings (SSSR count). The quantitative estimate of drug-likeness (QED) is 0.789. The van der Waals surface area contributed by atoms with Crippen molar-refractivity contribution in [1.29, 1.82) is 0 Å². The van der Waals surface area contributed by atoms with Crippen LogP contribution in [0.25, 0.3) is 10.8 Å². The number of rotatable bonds is 2. The smallest absolute Gasteiger partial charge is 0.131 e. The molecule has 0 amide bonds. The van der Waals surface area contributed by atoms with Crippen LogP contribution in [0.1, 0.15) is 11.1 Å². The number of nitrogens with one attached hydrogen (secondary N) is 1. The lowest BCUT2D eigenvalue weighted by atomic mass is 10.0. The number of hydrogen-bond donors (Lipinski definition) is 1. The molecule has 0 bridgehead atoms. The number of hydrogen-bond acceptors (Lipinski definition) is 1. The Morgan fingerprint density at radius 3 is 2.80 bits per heavy atom. The monoisotopic (exact) mass is 202 g/mol. The van der Waals surface area contributed by atoms with E-state index < -0.39 is 0 Å². The van der Waals surface area contributed by atoms with E-state index in [2.05, 4.69) is 12.2 Å². The topological polar surface area (TPSA) is 12.0 Å². The molecule has 0 aliphatic carbocycles. The molecular formula is C13H13FN. The van der Waals surface area contributed by atoms with Crippen molar-refractivity contribution in [2.75, 3.05) is 7.05 Å². The Balaban J connectivity index is 2.68. The predicted octanol–water partition coefficient (Wildman–Crippen LogP) is 2.88. The van der Waals surface area contributed by atoms with Gasteiger partial charge in [0.15, 0.2) is 0 Å². The Bertz CT molecular complexity index is 491. The number of benzene rings is 2. The lowest BCUT2D eigenvalue weighted by Gasteiger charge is -2.07. The maximum Gasteiger partial charge on any atom is 0.131 e. The molecular weight excluding hydrogens is 189 g/mol. The second-order valence-corrected chi connectivity index (χ2v) is 3.62. The summed E-state index contributed by atoms with van der Waals surface area (Å²) in [6, 6.07) is 8.94. The van der Waals surface area contributed by atoms with E-state index in [1.807, 2.05) is 25.2 Å². The van der Waals surface area contributed by atoms with Crippen LogP contribution in [0.2, 0.25) is 0 Å². The van der Waals surface area contributed by atoms with Gasteiger partial charge in [-0.05, 0) is 42.6 Å². The standard InChI is InChI=1S/C13H13FN/c1-9-6-10(8-15-2)7-12-11(9)4-3-5-13(12)14/h3-7,15H,1,8H2,2H3. The van der Waals surface area contributed by atoms with Gasteiger partial charge in [0, 0.05) is 11.9 Å². The maximum atomic E-state index is 13.5. The average molecular weight is 202 g/mol. The molecule has 0 aliphatic heterocycles. The Kier molecular flexibility index (Phi) is 2.69. The second-order valence-electron chi connectivity index (χ2n) is 3.62. The van der Waals surface area contributed by atoms with Crippen LogP contribution in [0.5, 0.6) is 0 Å². The van der Waals surface area contributed by atoms with E-state index in [1.165, 1.54) is 6.07 Å². The van der Waals surface area contributed by atoms with Crippen LogP contribution in [-0.4, -0.2) is 7.05 Å². The minimum absolute atomic E-state index is 0.185. The third kappa shape index (κ3) is 1.85. The van der Waals surface area contributed by atoms with Gasteiger partial charge in [0.1, 0.15) is 5.82 Å². The van der Waals surface area contributed by atoms with Crippen LogP contribution < -0.4 is 5.32 Å². The summed E-state index contributed by atoms with van der Waals surface area (Å²) in [5.41, 5.74) is 1.93. The van der Waals surface area contributed by atoms with Crippen LogP contribution in [0.3, 0.4) is 0 Å². The fraction of sp³-hybridized carbons (Fsp3) is 0.154. The molecule has 2 heteroatoms. The highest BCUT2D eigenvalue weighted by molar-refractivity contribution is 5.87. The van der Waals surface area contributed by atoms with Gasteiger partial charge in [0.2, 0.25) is 0 Å². The zero-order chi connectivity index (χ0) is 10.8. The molecule has 1 N–H and O–H groups in total. The molecule has 0 unspecified atom stereocenters. The molecule has 1 radical (unpaired) electrons. The van der Waals surface area contributed by atoms with Crippen molar-refractivity contribution in [2.24, 2.45) is 0 Å². The molecule has 0 spiro atoms. The summed E-state index contributed by atoms with van der Waals surface area (Å²) in [4.78, 5) is 0.